The highest BCUT2D eigenvalue weighted by molar-refractivity contribution is 6.01. The Kier molecular flexibility index (Phi) is 5.00. The minimum atomic E-state index is -0.445. The molecule has 0 unspecified atom stereocenters. The van der Waals surface area contributed by atoms with Crippen LogP contribution in [0.5, 0.6) is 0 Å². The molecule has 44 heavy (non-hydrogen) atoms. The van der Waals surface area contributed by atoms with Crippen molar-refractivity contribution >= 4 is 38.1 Å². The third-order valence-electron chi connectivity index (χ3n) is 7.97. The Morgan fingerprint density at radius 2 is 1.20 bits per heavy atom. The molecule has 8 rings (SSSR count). The van der Waals surface area contributed by atoms with Crippen LogP contribution in [0.3, 0.4) is 0 Å². The fourth-order valence-corrected chi connectivity index (χ4v) is 5.74. The summed E-state index contributed by atoms with van der Waals surface area (Å²) < 4.78 is 42.0. The van der Waals surface area contributed by atoms with E-state index >= 15 is 0 Å². The summed E-state index contributed by atoms with van der Waals surface area (Å²) in [7, 11) is 0. The van der Waals surface area contributed by atoms with E-state index in [1.54, 1.807) is 0 Å². The first-order valence-electron chi connectivity index (χ1n) is 16.7. The minimum Gasteiger partial charge on any atom is -0.238 e. The molecule has 8 aromatic rings. The molecule has 0 bridgehead atoms. The molecule has 0 atom stereocenters. The molecule has 0 aliphatic carbocycles. The van der Waals surface area contributed by atoms with Gasteiger partial charge in [-0.2, -0.15) is 0 Å². The third kappa shape index (κ3) is 4.56. The lowest BCUT2D eigenvalue weighted by Crippen LogP contribution is -1.96. The molecule has 0 amide bonds. The van der Waals surface area contributed by atoms with Gasteiger partial charge in [-0.3, -0.25) is 0 Å². The topological polar surface area (TPSA) is 30.1 Å². The van der Waals surface area contributed by atoms with Crippen molar-refractivity contribution in [3.05, 3.63) is 163 Å². The van der Waals surface area contributed by atoms with Gasteiger partial charge in [-0.25, -0.2) is 14.8 Å². The van der Waals surface area contributed by atoms with Gasteiger partial charge in [0.25, 0.3) is 0 Å². The van der Waals surface area contributed by atoms with Gasteiger partial charge in [0, 0.05) is 16.5 Å². The SMILES string of the molecule is [2H]c1c([2H])c([2H])c(-c2nc(-c3cccc4ccc(-c5ccc6ccc(-c7ccc([N+]#[C-])cc7)cc6c5)cc34)nc3ccccc23)c([2H])c1[2H]. The predicted octanol–water partition coefficient (Wildman–Crippen LogP) is 11.2. The molecule has 0 spiro atoms. The summed E-state index contributed by atoms with van der Waals surface area (Å²) in [6.45, 7) is 7.24. The van der Waals surface area contributed by atoms with Gasteiger partial charge in [-0.05, 0) is 68.1 Å². The van der Waals surface area contributed by atoms with Crippen LogP contribution in [0.1, 0.15) is 6.85 Å². The van der Waals surface area contributed by atoms with Gasteiger partial charge >= 0.3 is 0 Å². The Balaban J connectivity index is 1.28. The zero-order valence-electron chi connectivity index (χ0n) is 28.4. The van der Waals surface area contributed by atoms with E-state index in [-0.39, 0.29) is 17.6 Å². The van der Waals surface area contributed by atoms with Gasteiger partial charge < -0.3 is 0 Å². The number of rotatable bonds is 4. The van der Waals surface area contributed by atoms with Crippen molar-refractivity contribution < 1.29 is 6.85 Å². The molecule has 0 aliphatic heterocycles. The number of aromatic nitrogens is 2. The smallest absolute Gasteiger partial charge is 0.187 e. The van der Waals surface area contributed by atoms with Crippen LogP contribution in [-0.2, 0) is 0 Å². The van der Waals surface area contributed by atoms with E-state index < -0.39 is 18.1 Å². The molecule has 1 heterocycles. The molecule has 0 aliphatic rings. The molecule has 7 aromatic carbocycles. The van der Waals surface area contributed by atoms with Crippen LogP contribution in [-0.4, -0.2) is 9.97 Å². The van der Waals surface area contributed by atoms with E-state index in [1.807, 2.05) is 66.7 Å². The van der Waals surface area contributed by atoms with E-state index in [0.717, 1.165) is 49.4 Å². The lowest BCUT2D eigenvalue weighted by Gasteiger charge is -2.12. The van der Waals surface area contributed by atoms with Crippen molar-refractivity contribution in [1.29, 1.82) is 0 Å². The Bertz CT molecular complexity index is 2650. The second-order valence-electron chi connectivity index (χ2n) is 10.6. The van der Waals surface area contributed by atoms with Crippen molar-refractivity contribution in [3.63, 3.8) is 0 Å². The average Bonchev–Trinajstić information content (AvgIpc) is 3.15. The molecule has 3 nitrogen and oxygen atoms in total. The molecule has 0 fully saturated rings. The number of benzene rings is 7. The van der Waals surface area contributed by atoms with Crippen molar-refractivity contribution in [3.8, 4) is 44.9 Å². The second-order valence-corrected chi connectivity index (χ2v) is 10.6. The van der Waals surface area contributed by atoms with Gasteiger partial charge in [-0.15, -0.1) is 0 Å². The largest absolute Gasteiger partial charge is 0.238 e. The number of fused-ring (bicyclic) bond motifs is 3. The van der Waals surface area contributed by atoms with Crippen molar-refractivity contribution in [2.75, 3.05) is 0 Å². The van der Waals surface area contributed by atoms with Gasteiger partial charge in [-0.1, -0.05) is 127 Å². The molecule has 3 heteroatoms. The zero-order chi connectivity index (χ0) is 33.8. The Morgan fingerprint density at radius 3 is 1.98 bits per heavy atom. The lowest BCUT2D eigenvalue weighted by molar-refractivity contribution is 1.23. The first-order chi connectivity index (χ1) is 23.8. The first kappa shape index (κ1) is 20.7. The number of nitrogens with zero attached hydrogens (tertiary/aromatic N) is 3. The van der Waals surface area contributed by atoms with E-state index in [0.29, 0.717) is 28.1 Å². The molecule has 0 radical (unpaired) electrons. The third-order valence-corrected chi connectivity index (χ3v) is 7.97. The average molecular weight is 565 g/mol. The Morgan fingerprint density at radius 1 is 0.523 bits per heavy atom. The Hall–Kier alpha value is -6.11. The van der Waals surface area contributed by atoms with Crippen LogP contribution in [0.2, 0.25) is 0 Å². The molecule has 204 valence electrons. The molecule has 0 saturated heterocycles. The lowest BCUT2D eigenvalue weighted by atomic mass is 9.95. The van der Waals surface area contributed by atoms with Crippen LogP contribution in [0, 0.1) is 6.57 Å². The summed E-state index contributed by atoms with van der Waals surface area (Å²) in [5.74, 6) is 0.399. The Labute approximate surface area is 262 Å². The normalized spacial score (nSPS) is 12.8. The van der Waals surface area contributed by atoms with Crippen LogP contribution < -0.4 is 0 Å². The summed E-state index contributed by atoms with van der Waals surface area (Å²) in [4.78, 5) is 13.3. The number of hydrogen-bond donors (Lipinski definition) is 0. The zero-order valence-corrected chi connectivity index (χ0v) is 23.4. The molecule has 1 aromatic heterocycles. The van der Waals surface area contributed by atoms with Crippen LogP contribution in [0.4, 0.5) is 5.69 Å². The fourth-order valence-electron chi connectivity index (χ4n) is 5.74. The van der Waals surface area contributed by atoms with E-state index in [2.05, 4.69) is 59.4 Å². The number of para-hydroxylation sites is 1. The van der Waals surface area contributed by atoms with E-state index in [1.165, 1.54) is 0 Å². The number of hydrogen-bond acceptors (Lipinski definition) is 2. The van der Waals surface area contributed by atoms with Gasteiger partial charge in [0.05, 0.1) is 24.6 Å². The predicted molar refractivity (Wildman–Crippen MR) is 183 cm³/mol. The maximum Gasteiger partial charge on any atom is 0.187 e. The first-order valence-corrected chi connectivity index (χ1v) is 14.2. The van der Waals surface area contributed by atoms with E-state index in [4.69, 9.17) is 23.4 Å². The highest BCUT2D eigenvalue weighted by atomic mass is 14.9. The van der Waals surface area contributed by atoms with Crippen LogP contribution in [0.25, 0.3) is 82.2 Å². The molecular weight excluding hydrogens is 534 g/mol. The molecular formula is C41H25N3. The maximum atomic E-state index is 8.67. The quantitative estimate of drug-likeness (QED) is 0.199. The van der Waals surface area contributed by atoms with Crippen LogP contribution >= 0.6 is 0 Å². The van der Waals surface area contributed by atoms with Gasteiger partial charge in [0.15, 0.2) is 11.5 Å². The van der Waals surface area contributed by atoms with E-state index in [9.17, 15) is 0 Å². The second kappa shape index (κ2) is 10.6. The summed E-state index contributed by atoms with van der Waals surface area (Å²) in [5, 5.41) is 4.74. The summed E-state index contributed by atoms with van der Waals surface area (Å²) >= 11 is 0. The van der Waals surface area contributed by atoms with Gasteiger partial charge in [0.2, 0.25) is 0 Å². The van der Waals surface area contributed by atoms with Crippen molar-refractivity contribution in [1.82, 2.24) is 9.97 Å². The van der Waals surface area contributed by atoms with Crippen LogP contribution in [0.15, 0.2) is 152 Å². The fraction of sp³-hybridized carbons (Fsp3) is 0. The van der Waals surface area contributed by atoms with Crippen molar-refractivity contribution in [2.24, 2.45) is 0 Å². The summed E-state index contributed by atoms with van der Waals surface area (Å²) in [6, 6.07) is 38.1. The highest BCUT2D eigenvalue weighted by Crippen LogP contribution is 2.35. The summed E-state index contributed by atoms with van der Waals surface area (Å²) in [5.41, 5.74) is 6.51. The van der Waals surface area contributed by atoms with Crippen molar-refractivity contribution in [2.45, 2.75) is 0 Å². The highest BCUT2D eigenvalue weighted by Gasteiger charge is 2.14. The summed E-state index contributed by atoms with van der Waals surface area (Å²) in [6.07, 6.45) is 0. The minimum absolute atomic E-state index is 0.0460. The maximum absolute atomic E-state index is 8.67. The monoisotopic (exact) mass is 564 g/mol. The molecule has 0 saturated carbocycles. The molecule has 0 N–H and O–H groups in total. The standard InChI is InChI=1S/C41H25N3/c1-42-35-22-20-27(21-23-35)31-17-14-28-15-18-32(25-34(28)24-31)33-19-16-29-10-7-12-36(38(29)26-33)41-43-39-13-6-5-11-37(39)40(44-41)30-8-3-2-4-9-30/h2-26H/i2D,3D,4D,8D,9D. The van der Waals surface area contributed by atoms with Gasteiger partial charge in [0.1, 0.15) is 0 Å².